The second kappa shape index (κ2) is 9.59. The summed E-state index contributed by atoms with van der Waals surface area (Å²) in [4.78, 5) is 13.5. The van der Waals surface area contributed by atoms with Crippen LogP contribution in [0.2, 0.25) is 0 Å². The number of benzene rings is 2. The average Bonchev–Trinajstić information content (AvgIpc) is 3.27. The Balaban J connectivity index is 1.29. The fourth-order valence-corrected chi connectivity index (χ4v) is 5.78. The van der Waals surface area contributed by atoms with Gasteiger partial charge in [0, 0.05) is 38.3 Å². The Morgan fingerprint density at radius 2 is 1.84 bits per heavy atom. The summed E-state index contributed by atoms with van der Waals surface area (Å²) in [6.45, 7) is 3.67. The molecule has 1 saturated heterocycles. The summed E-state index contributed by atoms with van der Waals surface area (Å²) in [5.41, 5.74) is 1.59. The van der Waals surface area contributed by atoms with E-state index in [4.69, 9.17) is 4.74 Å². The quantitative estimate of drug-likeness (QED) is 0.488. The van der Waals surface area contributed by atoms with Gasteiger partial charge < -0.3 is 9.84 Å². The van der Waals surface area contributed by atoms with E-state index in [-0.39, 0.29) is 17.3 Å². The van der Waals surface area contributed by atoms with Crippen LogP contribution in [0.3, 0.4) is 0 Å². The number of aromatic nitrogens is 2. The molecule has 0 saturated carbocycles. The van der Waals surface area contributed by atoms with E-state index >= 15 is 0 Å². The lowest BCUT2D eigenvalue weighted by atomic mass is 10.1. The molecule has 1 fully saturated rings. The molecule has 1 aromatic heterocycles. The average molecular weight is 477 g/mol. The molecule has 1 aliphatic heterocycles. The van der Waals surface area contributed by atoms with Crippen LogP contribution in [0.4, 0.5) is 0 Å². The van der Waals surface area contributed by atoms with Crippen molar-refractivity contribution in [2.75, 3.05) is 39.3 Å². The summed E-state index contributed by atoms with van der Waals surface area (Å²) >= 11 is 0.996. The minimum atomic E-state index is -3.67. The molecular formula is C21H24N4O5S2. The summed E-state index contributed by atoms with van der Waals surface area (Å²) < 4.78 is 41.5. The van der Waals surface area contributed by atoms with Gasteiger partial charge in [0.05, 0.1) is 11.7 Å². The molecule has 0 bridgehead atoms. The number of β-amino-alcohol motifs (C(OH)–C–C–N with tert-alkyl or cyclic N) is 1. The number of Topliss-reactive ketones (excluding diaryl/α,β-unsaturated/α-hetero) is 1. The van der Waals surface area contributed by atoms with Crippen molar-refractivity contribution in [2.24, 2.45) is 0 Å². The number of ketones is 1. The van der Waals surface area contributed by atoms with Crippen LogP contribution < -0.4 is 4.74 Å². The molecule has 0 aliphatic carbocycles. The van der Waals surface area contributed by atoms with Crippen LogP contribution in [0, 0.1) is 0 Å². The Kier molecular flexibility index (Phi) is 6.82. The van der Waals surface area contributed by atoms with Gasteiger partial charge in [0.25, 0.3) is 0 Å². The zero-order valence-corrected chi connectivity index (χ0v) is 19.2. The smallest absolute Gasteiger partial charge is 0.245 e. The number of aliphatic hydroxyl groups is 1. The van der Waals surface area contributed by atoms with Crippen LogP contribution in [0.1, 0.15) is 17.3 Å². The van der Waals surface area contributed by atoms with Crippen LogP contribution in [0.25, 0.3) is 11.0 Å². The van der Waals surface area contributed by atoms with Crippen molar-refractivity contribution >= 4 is 38.6 Å². The van der Waals surface area contributed by atoms with Crippen molar-refractivity contribution in [3.8, 4) is 5.75 Å². The van der Waals surface area contributed by atoms with Gasteiger partial charge in [0.2, 0.25) is 10.0 Å². The molecule has 2 heterocycles. The van der Waals surface area contributed by atoms with Crippen LogP contribution in [-0.2, 0) is 10.0 Å². The lowest BCUT2D eigenvalue weighted by molar-refractivity contribution is 0.0569. The van der Waals surface area contributed by atoms with Crippen LogP contribution in [0.5, 0.6) is 5.75 Å². The van der Waals surface area contributed by atoms with Gasteiger partial charge in [0.1, 0.15) is 34.4 Å². The molecule has 32 heavy (non-hydrogen) atoms. The van der Waals surface area contributed by atoms with Crippen LogP contribution >= 0.6 is 11.7 Å². The molecule has 9 nitrogen and oxygen atoms in total. The molecule has 1 unspecified atom stereocenters. The highest BCUT2D eigenvalue weighted by Crippen LogP contribution is 2.25. The molecule has 2 aromatic carbocycles. The van der Waals surface area contributed by atoms with Crippen molar-refractivity contribution in [2.45, 2.75) is 17.9 Å². The van der Waals surface area contributed by atoms with Crippen molar-refractivity contribution in [3.63, 3.8) is 0 Å². The first-order valence-corrected chi connectivity index (χ1v) is 12.4. The summed E-state index contributed by atoms with van der Waals surface area (Å²) in [6, 6.07) is 11.8. The number of hydrogen-bond donors (Lipinski definition) is 1. The molecule has 0 radical (unpaired) electrons. The van der Waals surface area contributed by atoms with Crippen molar-refractivity contribution in [1.29, 1.82) is 0 Å². The lowest BCUT2D eigenvalue weighted by Gasteiger charge is -2.34. The minimum absolute atomic E-state index is 0.0160. The minimum Gasteiger partial charge on any atom is -0.491 e. The van der Waals surface area contributed by atoms with E-state index in [1.807, 2.05) is 4.90 Å². The summed E-state index contributed by atoms with van der Waals surface area (Å²) in [5, 5.41) is 10.3. The molecule has 11 heteroatoms. The van der Waals surface area contributed by atoms with Gasteiger partial charge in [-0.15, -0.1) is 0 Å². The Morgan fingerprint density at radius 1 is 1.12 bits per heavy atom. The predicted octanol–water partition coefficient (Wildman–Crippen LogP) is 1.64. The number of nitrogens with zero attached hydrogens (tertiary/aromatic N) is 4. The van der Waals surface area contributed by atoms with Gasteiger partial charge in [-0.2, -0.15) is 13.1 Å². The largest absolute Gasteiger partial charge is 0.491 e. The summed E-state index contributed by atoms with van der Waals surface area (Å²) in [6.07, 6.45) is -0.722. The van der Waals surface area contributed by atoms with E-state index in [0.717, 1.165) is 11.7 Å². The van der Waals surface area contributed by atoms with E-state index < -0.39 is 16.1 Å². The van der Waals surface area contributed by atoms with Crippen LogP contribution in [0.15, 0.2) is 47.4 Å². The van der Waals surface area contributed by atoms with E-state index in [9.17, 15) is 18.3 Å². The molecule has 4 rings (SSSR count). The first-order chi connectivity index (χ1) is 15.3. The fourth-order valence-electron chi connectivity index (χ4n) is 3.61. The second-order valence-corrected chi connectivity index (χ2v) is 10.1. The molecule has 1 N–H and O–H groups in total. The molecule has 0 spiro atoms. The fraction of sp³-hybridized carbons (Fsp3) is 0.381. The van der Waals surface area contributed by atoms with E-state index in [0.29, 0.717) is 55.1 Å². The van der Waals surface area contributed by atoms with Crippen molar-refractivity contribution < 1.29 is 23.1 Å². The monoisotopic (exact) mass is 476 g/mol. The Bertz CT molecular complexity index is 1190. The molecule has 3 aromatic rings. The Morgan fingerprint density at radius 3 is 2.53 bits per heavy atom. The van der Waals surface area contributed by atoms with E-state index in [1.54, 1.807) is 42.5 Å². The van der Waals surface area contributed by atoms with E-state index in [2.05, 4.69) is 8.75 Å². The van der Waals surface area contributed by atoms with Gasteiger partial charge in [-0.1, -0.05) is 6.07 Å². The number of hydrogen-bond acceptors (Lipinski definition) is 9. The maximum Gasteiger partial charge on any atom is 0.245 e. The zero-order valence-electron chi connectivity index (χ0n) is 17.5. The number of aliphatic hydroxyl groups excluding tert-OH is 1. The maximum atomic E-state index is 13.1. The Hall–Kier alpha value is -2.44. The molecule has 1 aliphatic rings. The van der Waals surface area contributed by atoms with Gasteiger partial charge in [-0.05, 0) is 43.3 Å². The van der Waals surface area contributed by atoms with Crippen molar-refractivity contribution in [1.82, 2.24) is 18.0 Å². The van der Waals surface area contributed by atoms with Gasteiger partial charge in [-0.3, -0.25) is 9.69 Å². The van der Waals surface area contributed by atoms with Gasteiger partial charge >= 0.3 is 0 Å². The first kappa shape index (κ1) is 22.7. The SMILES string of the molecule is CC(=O)c1ccc(OCC(O)CN2CCN(S(=O)(=O)c3cccc4nsnc34)CC2)cc1. The highest BCUT2D eigenvalue weighted by molar-refractivity contribution is 7.89. The third-order valence-electron chi connectivity index (χ3n) is 5.37. The number of carbonyl (C=O) groups is 1. The topological polar surface area (TPSA) is 113 Å². The number of sulfonamides is 1. The Labute approximate surface area is 190 Å². The highest BCUT2D eigenvalue weighted by atomic mass is 32.2. The second-order valence-electron chi connectivity index (χ2n) is 7.64. The maximum absolute atomic E-state index is 13.1. The summed E-state index contributed by atoms with van der Waals surface area (Å²) in [7, 11) is -3.67. The number of fused-ring (bicyclic) bond motifs is 1. The molecule has 0 amide bonds. The van der Waals surface area contributed by atoms with Gasteiger partial charge in [-0.25, -0.2) is 8.42 Å². The van der Waals surface area contributed by atoms with Crippen LogP contribution in [-0.4, -0.2) is 82.7 Å². The van der Waals surface area contributed by atoms with Crippen molar-refractivity contribution in [3.05, 3.63) is 48.0 Å². The van der Waals surface area contributed by atoms with E-state index in [1.165, 1.54) is 11.2 Å². The normalized spacial score (nSPS) is 16.8. The molecule has 170 valence electrons. The molecule has 1 atom stereocenters. The third-order valence-corrected chi connectivity index (χ3v) is 7.84. The number of rotatable bonds is 8. The van der Waals surface area contributed by atoms with Gasteiger partial charge in [0.15, 0.2) is 5.78 Å². The lowest BCUT2D eigenvalue weighted by Crippen LogP contribution is -2.50. The molecular weight excluding hydrogens is 452 g/mol. The predicted molar refractivity (Wildman–Crippen MR) is 121 cm³/mol. The highest BCUT2D eigenvalue weighted by Gasteiger charge is 2.31. The number of carbonyl (C=O) groups excluding carboxylic acids is 1. The summed E-state index contributed by atoms with van der Waals surface area (Å²) in [5.74, 6) is 0.563. The third kappa shape index (κ3) is 4.97. The zero-order chi connectivity index (χ0) is 22.7. The first-order valence-electron chi connectivity index (χ1n) is 10.2. The number of piperazine rings is 1. The number of ether oxygens (including phenoxy) is 1. The standard InChI is InChI=1S/C21H24N4O5S2/c1-15(26)16-5-7-18(8-6-16)30-14-17(27)13-24-9-11-25(12-10-24)32(28,29)20-4-2-3-19-21(20)23-31-22-19/h2-8,17,27H,9-14H2,1H3.